The van der Waals surface area contributed by atoms with Crippen molar-refractivity contribution in [3.8, 4) is 5.75 Å². The molecule has 0 amide bonds. The second-order valence-corrected chi connectivity index (χ2v) is 5.70. The summed E-state index contributed by atoms with van der Waals surface area (Å²) in [4.78, 5) is 0. The third-order valence-electron chi connectivity index (χ3n) is 4.08. The highest BCUT2D eigenvalue weighted by Crippen LogP contribution is 2.32. The summed E-state index contributed by atoms with van der Waals surface area (Å²) in [5.41, 5.74) is 5.25. The van der Waals surface area contributed by atoms with E-state index in [2.05, 4.69) is 42.6 Å². The number of phenolic OH excluding ortho intramolecular Hbond substituents is 1. The van der Waals surface area contributed by atoms with Gasteiger partial charge >= 0.3 is 0 Å². The molecule has 3 rings (SSSR count). The fourth-order valence-corrected chi connectivity index (χ4v) is 3.06. The Morgan fingerprint density at radius 1 is 1.20 bits per heavy atom. The molecule has 0 fully saturated rings. The molecule has 1 aliphatic carbocycles. The van der Waals surface area contributed by atoms with Crippen molar-refractivity contribution in [2.24, 2.45) is 0 Å². The van der Waals surface area contributed by atoms with Gasteiger partial charge in [-0.15, -0.1) is 0 Å². The summed E-state index contributed by atoms with van der Waals surface area (Å²) in [5, 5.41) is 13.3. The van der Waals surface area contributed by atoms with Gasteiger partial charge in [0.05, 0.1) is 0 Å². The summed E-state index contributed by atoms with van der Waals surface area (Å²) in [6.45, 7) is 3.00. The van der Waals surface area contributed by atoms with Crippen LogP contribution in [0.4, 0.5) is 0 Å². The van der Waals surface area contributed by atoms with Crippen LogP contribution in [0.2, 0.25) is 0 Å². The average Bonchev–Trinajstić information content (AvgIpc) is 2.45. The Morgan fingerprint density at radius 3 is 2.95 bits per heavy atom. The molecule has 20 heavy (non-hydrogen) atoms. The summed E-state index contributed by atoms with van der Waals surface area (Å²) in [6.07, 6.45) is 3.48. The molecule has 0 bridgehead atoms. The molecule has 104 valence electrons. The number of nitrogens with one attached hydrogen (secondary N) is 1. The first-order valence-electron chi connectivity index (χ1n) is 7.33. The van der Waals surface area contributed by atoms with E-state index in [1.165, 1.54) is 28.7 Å². The molecule has 0 saturated carbocycles. The van der Waals surface area contributed by atoms with E-state index in [9.17, 15) is 5.11 Å². The van der Waals surface area contributed by atoms with E-state index in [1.54, 1.807) is 6.07 Å². The van der Waals surface area contributed by atoms with E-state index >= 15 is 0 Å². The summed E-state index contributed by atoms with van der Waals surface area (Å²) in [6, 6.07) is 14.7. The predicted octanol–water partition coefficient (Wildman–Crippen LogP) is 3.87. The van der Waals surface area contributed by atoms with E-state index in [1.807, 2.05) is 6.07 Å². The minimum Gasteiger partial charge on any atom is -0.508 e. The van der Waals surface area contributed by atoms with Gasteiger partial charge in [-0.1, -0.05) is 35.9 Å². The van der Waals surface area contributed by atoms with Crippen LogP contribution >= 0.6 is 0 Å². The van der Waals surface area contributed by atoms with Gasteiger partial charge in [0.25, 0.3) is 0 Å². The third-order valence-corrected chi connectivity index (χ3v) is 4.08. The van der Waals surface area contributed by atoms with Crippen LogP contribution in [0.5, 0.6) is 5.75 Å². The molecular formula is C18H21NO. The number of aromatic hydroxyl groups is 1. The van der Waals surface area contributed by atoms with Crippen LogP contribution in [-0.2, 0) is 13.0 Å². The Bertz CT molecular complexity index is 606. The van der Waals surface area contributed by atoms with E-state index in [0.29, 0.717) is 11.8 Å². The van der Waals surface area contributed by atoms with Crippen molar-refractivity contribution in [2.75, 3.05) is 0 Å². The molecule has 2 N–H and O–H groups in total. The number of hydrogen-bond acceptors (Lipinski definition) is 2. The molecule has 0 heterocycles. The SMILES string of the molecule is Cc1cccc(CNC2CCCc3ccc(O)cc32)c1. The maximum absolute atomic E-state index is 9.70. The number of aryl methyl sites for hydroxylation is 2. The van der Waals surface area contributed by atoms with Crippen LogP contribution in [0.15, 0.2) is 42.5 Å². The maximum atomic E-state index is 9.70. The Labute approximate surface area is 120 Å². The molecule has 0 spiro atoms. The molecule has 0 aliphatic heterocycles. The Morgan fingerprint density at radius 2 is 2.10 bits per heavy atom. The van der Waals surface area contributed by atoms with Crippen molar-refractivity contribution < 1.29 is 5.11 Å². The fourth-order valence-electron chi connectivity index (χ4n) is 3.06. The number of fused-ring (bicyclic) bond motifs is 1. The molecular weight excluding hydrogens is 246 g/mol. The van der Waals surface area contributed by atoms with Crippen molar-refractivity contribution in [3.05, 3.63) is 64.7 Å². The first-order chi connectivity index (χ1) is 9.72. The molecule has 0 radical (unpaired) electrons. The first-order valence-corrected chi connectivity index (χ1v) is 7.33. The third kappa shape index (κ3) is 2.86. The summed E-state index contributed by atoms with van der Waals surface area (Å²) < 4.78 is 0. The highest BCUT2D eigenvalue weighted by atomic mass is 16.3. The summed E-state index contributed by atoms with van der Waals surface area (Å²) in [5.74, 6) is 0.369. The predicted molar refractivity (Wildman–Crippen MR) is 81.8 cm³/mol. The minimum absolute atomic E-state index is 0.353. The Hall–Kier alpha value is -1.80. The van der Waals surface area contributed by atoms with Crippen LogP contribution in [0, 0.1) is 6.92 Å². The number of hydrogen-bond donors (Lipinski definition) is 2. The standard InChI is InChI=1S/C18H21NO/c1-13-4-2-5-14(10-13)12-19-18-7-3-6-15-8-9-16(20)11-17(15)18/h2,4-5,8-11,18-20H,3,6-7,12H2,1H3. The van der Waals surface area contributed by atoms with Crippen LogP contribution in [0.1, 0.15) is 41.1 Å². The van der Waals surface area contributed by atoms with Crippen molar-refractivity contribution in [3.63, 3.8) is 0 Å². The van der Waals surface area contributed by atoms with Crippen molar-refractivity contribution >= 4 is 0 Å². The molecule has 1 aliphatic rings. The molecule has 1 unspecified atom stereocenters. The second kappa shape index (κ2) is 5.68. The minimum atomic E-state index is 0.353. The fraction of sp³-hybridized carbons (Fsp3) is 0.333. The van der Waals surface area contributed by atoms with Crippen LogP contribution < -0.4 is 5.32 Å². The van der Waals surface area contributed by atoms with Crippen LogP contribution in [0.3, 0.4) is 0 Å². The van der Waals surface area contributed by atoms with Gasteiger partial charge in [0.1, 0.15) is 5.75 Å². The number of benzene rings is 2. The topological polar surface area (TPSA) is 32.3 Å². The Balaban J connectivity index is 1.75. The van der Waals surface area contributed by atoms with Gasteiger partial charge in [0.15, 0.2) is 0 Å². The molecule has 2 aromatic rings. The molecule has 1 atom stereocenters. The molecule has 0 aromatic heterocycles. The molecule has 2 aromatic carbocycles. The van der Waals surface area contributed by atoms with Crippen LogP contribution in [-0.4, -0.2) is 5.11 Å². The molecule has 2 nitrogen and oxygen atoms in total. The smallest absolute Gasteiger partial charge is 0.115 e. The zero-order chi connectivity index (χ0) is 13.9. The highest BCUT2D eigenvalue weighted by Gasteiger charge is 2.20. The number of rotatable bonds is 3. The largest absolute Gasteiger partial charge is 0.508 e. The average molecular weight is 267 g/mol. The lowest BCUT2D eigenvalue weighted by atomic mass is 9.87. The Kier molecular flexibility index (Phi) is 3.75. The zero-order valence-electron chi connectivity index (χ0n) is 11.9. The first kappa shape index (κ1) is 13.2. The van der Waals surface area contributed by atoms with Gasteiger partial charge in [-0.3, -0.25) is 0 Å². The lowest BCUT2D eigenvalue weighted by Crippen LogP contribution is -2.24. The van der Waals surface area contributed by atoms with Gasteiger partial charge in [-0.05, 0) is 55.0 Å². The second-order valence-electron chi connectivity index (χ2n) is 5.70. The van der Waals surface area contributed by atoms with Crippen LogP contribution in [0.25, 0.3) is 0 Å². The van der Waals surface area contributed by atoms with Gasteiger partial charge in [0, 0.05) is 12.6 Å². The van der Waals surface area contributed by atoms with Crippen molar-refractivity contribution in [1.29, 1.82) is 0 Å². The van der Waals surface area contributed by atoms with E-state index in [0.717, 1.165) is 19.4 Å². The van der Waals surface area contributed by atoms with E-state index in [4.69, 9.17) is 0 Å². The quantitative estimate of drug-likeness (QED) is 0.885. The molecule has 0 saturated heterocycles. The maximum Gasteiger partial charge on any atom is 0.115 e. The monoisotopic (exact) mass is 267 g/mol. The lowest BCUT2D eigenvalue weighted by molar-refractivity contribution is 0.445. The van der Waals surface area contributed by atoms with Crippen molar-refractivity contribution in [1.82, 2.24) is 5.32 Å². The van der Waals surface area contributed by atoms with Gasteiger partial charge in [-0.25, -0.2) is 0 Å². The van der Waals surface area contributed by atoms with Gasteiger partial charge in [0.2, 0.25) is 0 Å². The van der Waals surface area contributed by atoms with E-state index < -0.39 is 0 Å². The lowest BCUT2D eigenvalue weighted by Gasteiger charge is -2.26. The van der Waals surface area contributed by atoms with Gasteiger partial charge < -0.3 is 10.4 Å². The normalized spacial score (nSPS) is 17.8. The summed E-state index contributed by atoms with van der Waals surface area (Å²) in [7, 11) is 0. The van der Waals surface area contributed by atoms with Crippen molar-refractivity contribution in [2.45, 2.75) is 38.8 Å². The molecule has 2 heteroatoms. The number of phenols is 1. The van der Waals surface area contributed by atoms with E-state index in [-0.39, 0.29) is 0 Å². The zero-order valence-corrected chi connectivity index (χ0v) is 11.9. The van der Waals surface area contributed by atoms with Gasteiger partial charge in [-0.2, -0.15) is 0 Å². The highest BCUT2D eigenvalue weighted by molar-refractivity contribution is 5.38. The summed E-state index contributed by atoms with van der Waals surface area (Å²) >= 11 is 0.